The average Bonchev–Trinajstić information content (AvgIpc) is 2.66. The summed E-state index contributed by atoms with van der Waals surface area (Å²) in [6.45, 7) is 8.11. The molecule has 152 valence electrons. The number of amides is 1. The van der Waals surface area contributed by atoms with Crippen molar-refractivity contribution in [3.63, 3.8) is 0 Å². The standard InChI is InChI=1S/C23H25ClN2O3/c1-6-26(23(2,3)4)22(28)29-21-18(15-11-8-7-9-12-15)25(5)19-16(20(21)27)13-10-14-17(19)24/h7-14H,6H2,1-5H3. The number of aryl methyl sites for hydroxylation is 1. The summed E-state index contributed by atoms with van der Waals surface area (Å²) in [5.41, 5.74) is 1.06. The molecule has 0 unspecified atom stereocenters. The van der Waals surface area contributed by atoms with Gasteiger partial charge < -0.3 is 14.2 Å². The van der Waals surface area contributed by atoms with Crippen molar-refractivity contribution in [3.8, 4) is 17.0 Å². The minimum absolute atomic E-state index is 0.00108. The lowest BCUT2D eigenvalue weighted by Crippen LogP contribution is -2.47. The zero-order valence-electron chi connectivity index (χ0n) is 17.3. The first-order valence-electron chi connectivity index (χ1n) is 9.53. The minimum atomic E-state index is -0.560. The topological polar surface area (TPSA) is 51.5 Å². The summed E-state index contributed by atoms with van der Waals surface area (Å²) >= 11 is 6.41. The highest BCUT2D eigenvalue weighted by Gasteiger charge is 2.29. The van der Waals surface area contributed by atoms with E-state index in [0.29, 0.717) is 28.2 Å². The quantitative estimate of drug-likeness (QED) is 0.572. The fraction of sp³-hybridized carbons (Fsp3) is 0.304. The Morgan fingerprint density at radius 1 is 1.10 bits per heavy atom. The Kier molecular flexibility index (Phi) is 5.71. The first kappa shape index (κ1) is 20.9. The molecule has 1 heterocycles. The number of hydrogen-bond acceptors (Lipinski definition) is 3. The maximum atomic E-state index is 13.4. The molecule has 0 aliphatic rings. The molecule has 0 aliphatic heterocycles. The van der Waals surface area contributed by atoms with Crippen LogP contribution in [-0.4, -0.2) is 27.6 Å². The second-order valence-corrected chi connectivity index (χ2v) is 8.26. The SMILES string of the molecule is CCN(C(=O)Oc1c(-c2ccccc2)n(C)c2c(Cl)cccc2c1=O)C(C)(C)C. The number of fused-ring (bicyclic) bond motifs is 1. The van der Waals surface area contributed by atoms with E-state index in [9.17, 15) is 9.59 Å². The number of hydrogen-bond donors (Lipinski definition) is 0. The smallest absolute Gasteiger partial charge is 0.404 e. The van der Waals surface area contributed by atoms with Crippen LogP contribution >= 0.6 is 11.6 Å². The molecule has 2 aromatic carbocycles. The van der Waals surface area contributed by atoms with Crippen LogP contribution < -0.4 is 10.2 Å². The molecule has 0 aliphatic carbocycles. The van der Waals surface area contributed by atoms with Crippen LogP contribution in [0.25, 0.3) is 22.2 Å². The van der Waals surface area contributed by atoms with Gasteiger partial charge in [0.05, 0.1) is 21.6 Å². The number of benzene rings is 2. The molecule has 1 amide bonds. The Hall–Kier alpha value is -2.79. The van der Waals surface area contributed by atoms with Gasteiger partial charge in [0.2, 0.25) is 11.2 Å². The van der Waals surface area contributed by atoms with Crippen molar-refractivity contribution in [2.45, 2.75) is 33.2 Å². The van der Waals surface area contributed by atoms with Gasteiger partial charge in [-0.1, -0.05) is 48.0 Å². The van der Waals surface area contributed by atoms with Gasteiger partial charge in [-0.3, -0.25) is 4.79 Å². The van der Waals surface area contributed by atoms with Crippen LogP contribution in [0.2, 0.25) is 5.02 Å². The van der Waals surface area contributed by atoms with Gasteiger partial charge in [0.15, 0.2) is 0 Å². The summed E-state index contributed by atoms with van der Waals surface area (Å²) < 4.78 is 7.56. The molecule has 0 N–H and O–H groups in total. The molecule has 3 rings (SSSR count). The van der Waals surface area contributed by atoms with Crippen LogP contribution in [0.3, 0.4) is 0 Å². The van der Waals surface area contributed by atoms with Crippen LogP contribution in [0.5, 0.6) is 5.75 Å². The summed E-state index contributed by atoms with van der Waals surface area (Å²) in [6, 6.07) is 14.5. The minimum Gasteiger partial charge on any atom is -0.404 e. The predicted molar refractivity (Wildman–Crippen MR) is 118 cm³/mol. The lowest BCUT2D eigenvalue weighted by Gasteiger charge is -2.33. The third-order valence-electron chi connectivity index (χ3n) is 4.91. The number of ether oxygens (including phenoxy) is 1. The predicted octanol–water partition coefficient (Wildman–Crippen LogP) is 5.48. The Morgan fingerprint density at radius 2 is 1.76 bits per heavy atom. The summed E-state index contributed by atoms with van der Waals surface area (Å²) in [5.74, 6) is 0.00108. The number of pyridine rings is 1. The van der Waals surface area contributed by atoms with Crippen molar-refractivity contribution >= 4 is 28.6 Å². The van der Waals surface area contributed by atoms with Crippen LogP contribution in [0.15, 0.2) is 53.3 Å². The van der Waals surface area contributed by atoms with Gasteiger partial charge in [0.25, 0.3) is 0 Å². The normalized spacial score (nSPS) is 11.5. The average molecular weight is 413 g/mol. The number of carbonyl (C=O) groups excluding carboxylic acids is 1. The van der Waals surface area contributed by atoms with Crippen molar-refractivity contribution in [2.24, 2.45) is 7.05 Å². The van der Waals surface area contributed by atoms with Crippen LogP contribution in [0, 0.1) is 0 Å². The van der Waals surface area contributed by atoms with E-state index < -0.39 is 11.6 Å². The highest BCUT2D eigenvalue weighted by Crippen LogP contribution is 2.33. The largest absolute Gasteiger partial charge is 0.415 e. The van der Waals surface area contributed by atoms with E-state index in [1.165, 1.54) is 0 Å². The van der Waals surface area contributed by atoms with E-state index in [0.717, 1.165) is 5.56 Å². The lowest BCUT2D eigenvalue weighted by atomic mass is 10.1. The number of halogens is 1. The van der Waals surface area contributed by atoms with Crippen molar-refractivity contribution < 1.29 is 9.53 Å². The number of carbonyl (C=O) groups is 1. The molecule has 0 saturated carbocycles. The molecule has 0 fully saturated rings. The Labute approximate surface area is 175 Å². The fourth-order valence-corrected chi connectivity index (χ4v) is 3.87. The summed E-state index contributed by atoms with van der Waals surface area (Å²) in [5, 5.41) is 0.864. The lowest BCUT2D eigenvalue weighted by molar-refractivity contribution is 0.110. The van der Waals surface area contributed by atoms with Gasteiger partial charge in [0, 0.05) is 24.7 Å². The van der Waals surface area contributed by atoms with Gasteiger partial charge in [0.1, 0.15) is 0 Å². The summed E-state index contributed by atoms with van der Waals surface area (Å²) in [4.78, 5) is 27.9. The third-order valence-corrected chi connectivity index (χ3v) is 5.21. The Balaban J connectivity index is 2.30. The fourth-order valence-electron chi connectivity index (χ4n) is 3.57. The maximum absolute atomic E-state index is 13.4. The van der Waals surface area contributed by atoms with E-state index >= 15 is 0 Å². The zero-order chi connectivity index (χ0) is 21.3. The second-order valence-electron chi connectivity index (χ2n) is 7.85. The van der Waals surface area contributed by atoms with Gasteiger partial charge in [-0.25, -0.2) is 4.79 Å². The molecule has 0 spiro atoms. The second kappa shape index (κ2) is 7.91. The Morgan fingerprint density at radius 3 is 2.34 bits per heavy atom. The van der Waals surface area contributed by atoms with Gasteiger partial charge in [-0.15, -0.1) is 0 Å². The first-order chi connectivity index (χ1) is 13.7. The van der Waals surface area contributed by atoms with E-state index in [-0.39, 0.29) is 11.2 Å². The van der Waals surface area contributed by atoms with Crippen molar-refractivity contribution in [2.75, 3.05) is 6.54 Å². The molecule has 0 atom stereocenters. The number of rotatable bonds is 3. The maximum Gasteiger partial charge on any atom is 0.415 e. The Bertz CT molecular complexity index is 1110. The monoisotopic (exact) mass is 412 g/mol. The van der Waals surface area contributed by atoms with Crippen molar-refractivity contribution in [1.29, 1.82) is 0 Å². The molecule has 1 aromatic heterocycles. The van der Waals surface area contributed by atoms with E-state index in [4.69, 9.17) is 16.3 Å². The number of nitrogens with zero attached hydrogens (tertiary/aromatic N) is 2. The summed E-state index contributed by atoms with van der Waals surface area (Å²) in [7, 11) is 1.81. The number of para-hydroxylation sites is 1. The zero-order valence-corrected chi connectivity index (χ0v) is 18.1. The van der Waals surface area contributed by atoms with Gasteiger partial charge >= 0.3 is 6.09 Å². The van der Waals surface area contributed by atoms with Gasteiger partial charge in [-0.2, -0.15) is 0 Å². The molecule has 6 heteroatoms. The highest BCUT2D eigenvalue weighted by molar-refractivity contribution is 6.35. The number of aromatic nitrogens is 1. The molecule has 3 aromatic rings. The molecular formula is C23H25ClN2O3. The van der Waals surface area contributed by atoms with Crippen LogP contribution in [0.4, 0.5) is 4.79 Å². The van der Waals surface area contributed by atoms with Gasteiger partial charge in [-0.05, 0) is 39.8 Å². The third kappa shape index (κ3) is 3.87. The van der Waals surface area contributed by atoms with E-state index in [2.05, 4.69) is 0 Å². The van der Waals surface area contributed by atoms with E-state index in [1.54, 1.807) is 23.1 Å². The molecule has 0 bridgehead atoms. The first-order valence-corrected chi connectivity index (χ1v) is 9.90. The molecule has 29 heavy (non-hydrogen) atoms. The van der Waals surface area contributed by atoms with Crippen LogP contribution in [-0.2, 0) is 7.05 Å². The van der Waals surface area contributed by atoms with Crippen molar-refractivity contribution in [3.05, 3.63) is 63.8 Å². The molecule has 0 saturated heterocycles. The molecule has 0 radical (unpaired) electrons. The van der Waals surface area contributed by atoms with Crippen LogP contribution in [0.1, 0.15) is 27.7 Å². The van der Waals surface area contributed by atoms with E-state index in [1.807, 2.05) is 69.6 Å². The highest BCUT2D eigenvalue weighted by atomic mass is 35.5. The van der Waals surface area contributed by atoms with Crippen molar-refractivity contribution in [1.82, 2.24) is 9.47 Å². The molecular weight excluding hydrogens is 388 g/mol. The summed E-state index contributed by atoms with van der Waals surface area (Å²) in [6.07, 6.45) is -0.560. The molecule has 5 nitrogen and oxygen atoms in total.